The van der Waals surface area contributed by atoms with Crippen molar-refractivity contribution in [2.24, 2.45) is 5.14 Å². The van der Waals surface area contributed by atoms with Gasteiger partial charge in [-0.2, -0.15) is 0 Å². The molecule has 0 unspecified atom stereocenters. The Labute approximate surface area is 160 Å². The molecule has 0 saturated carbocycles. The number of para-hydroxylation sites is 1. The highest BCUT2D eigenvalue weighted by atomic mass is 32.2. The summed E-state index contributed by atoms with van der Waals surface area (Å²) in [4.78, 5) is 14.5. The molecule has 144 valence electrons. The smallest absolute Gasteiger partial charge is 0.238 e. The molecule has 1 aliphatic heterocycles. The lowest BCUT2D eigenvalue weighted by atomic mass is 10.0. The second kappa shape index (κ2) is 8.54. The van der Waals surface area contributed by atoms with Gasteiger partial charge in [-0.25, -0.2) is 13.6 Å². The first-order valence-corrected chi connectivity index (χ1v) is 10.7. The molecular formula is C20H25N3O3S. The first-order valence-electron chi connectivity index (χ1n) is 9.15. The lowest BCUT2D eigenvalue weighted by Gasteiger charge is -2.31. The molecule has 1 heterocycles. The Morgan fingerprint density at radius 2 is 1.85 bits per heavy atom. The van der Waals surface area contributed by atoms with Gasteiger partial charge in [-0.1, -0.05) is 30.3 Å². The topological polar surface area (TPSA) is 92.5 Å². The van der Waals surface area contributed by atoms with Crippen LogP contribution >= 0.6 is 0 Å². The van der Waals surface area contributed by atoms with Gasteiger partial charge in [0.1, 0.15) is 0 Å². The molecule has 0 bridgehead atoms. The molecule has 3 rings (SSSR count). The predicted octanol–water partition coefficient (Wildman–Crippen LogP) is 1.84. The number of nitrogens with zero attached hydrogens (tertiary/aromatic N) is 1. The third-order valence-corrected chi connectivity index (χ3v) is 5.73. The molecule has 0 atom stereocenters. The number of carbonyl (C=O) groups is 1. The van der Waals surface area contributed by atoms with Crippen molar-refractivity contribution < 1.29 is 13.2 Å². The second-order valence-corrected chi connectivity index (χ2v) is 8.32. The average molecular weight is 388 g/mol. The Morgan fingerprint density at radius 1 is 1.11 bits per heavy atom. The van der Waals surface area contributed by atoms with Crippen molar-refractivity contribution in [3.05, 3.63) is 59.7 Å². The van der Waals surface area contributed by atoms with Gasteiger partial charge < -0.3 is 10.2 Å². The number of carbonyl (C=O) groups excluding carboxylic acids is 1. The molecule has 2 aromatic rings. The van der Waals surface area contributed by atoms with Crippen molar-refractivity contribution in [2.75, 3.05) is 24.5 Å². The van der Waals surface area contributed by atoms with Gasteiger partial charge in [0.25, 0.3) is 0 Å². The van der Waals surface area contributed by atoms with Crippen LogP contribution < -0.4 is 15.4 Å². The molecule has 6 nitrogen and oxygen atoms in total. The number of nitrogens with one attached hydrogen (secondary N) is 1. The zero-order valence-electron chi connectivity index (χ0n) is 15.2. The molecular weight excluding hydrogens is 362 g/mol. The number of hydrogen-bond acceptors (Lipinski definition) is 4. The molecule has 0 aliphatic carbocycles. The maximum Gasteiger partial charge on any atom is 0.238 e. The van der Waals surface area contributed by atoms with Gasteiger partial charge in [-0.05, 0) is 48.6 Å². The van der Waals surface area contributed by atoms with E-state index < -0.39 is 10.0 Å². The number of benzene rings is 2. The molecule has 27 heavy (non-hydrogen) atoms. The summed E-state index contributed by atoms with van der Waals surface area (Å²) in [7, 11) is -3.67. The largest absolute Gasteiger partial charge is 0.371 e. The number of fused-ring (bicyclic) bond motifs is 1. The summed E-state index contributed by atoms with van der Waals surface area (Å²) in [5.41, 5.74) is 3.55. The van der Waals surface area contributed by atoms with E-state index in [1.807, 2.05) is 6.07 Å². The first-order chi connectivity index (χ1) is 12.9. The van der Waals surface area contributed by atoms with Crippen molar-refractivity contribution in [1.82, 2.24) is 5.32 Å². The fourth-order valence-corrected chi connectivity index (χ4v) is 3.88. The summed E-state index contributed by atoms with van der Waals surface area (Å²) >= 11 is 0. The highest BCUT2D eigenvalue weighted by molar-refractivity contribution is 7.89. The van der Waals surface area contributed by atoms with Crippen LogP contribution in [0, 0.1) is 0 Å². The number of aryl methyl sites for hydroxylation is 1. The predicted molar refractivity (Wildman–Crippen MR) is 106 cm³/mol. The van der Waals surface area contributed by atoms with Crippen LogP contribution in [-0.2, 0) is 27.7 Å². The molecule has 7 heteroatoms. The Kier molecular flexibility index (Phi) is 6.13. The summed E-state index contributed by atoms with van der Waals surface area (Å²) in [6, 6.07) is 14.8. The number of nitrogens with two attached hydrogens (primary N) is 1. The Hall–Kier alpha value is -2.38. The van der Waals surface area contributed by atoms with E-state index in [1.165, 1.54) is 23.4 Å². The Bertz CT molecular complexity index is 895. The third kappa shape index (κ3) is 5.30. The van der Waals surface area contributed by atoms with Crippen LogP contribution in [0.1, 0.15) is 24.0 Å². The maximum absolute atomic E-state index is 12.1. The molecule has 0 aromatic heterocycles. The molecule has 0 saturated heterocycles. The highest BCUT2D eigenvalue weighted by Crippen LogP contribution is 2.26. The number of anilines is 1. The standard InChI is InChI=1S/C20H25N3O3S/c21-27(25,26)18-9-7-16(8-10-18)11-13-22-20(24)12-15-23-14-3-5-17-4-1-2-6-19(17)23/h1-2,4,6-10H,3,5,11-15H2,(H,22,24)(H2,21,25,26). The van der Waals surface area contributed by atoms with Crippen molar-refractivity contribution in [2.45, 2.75) is 30.6 Å². The number of amides is 1. The Balaban J connectivity index is 1.43. The summed E-state index contributed by atoms with van der Waals surface area (Å²) < 4.78 is 22.5. The van der Waals surface area contributed by atoms with Crippen molar-refractivity contribution in [3.63, 3.8) is 0 Å². The zero-order valence-corrected chi connectivity index (χ0v) is 16.0. The quantitative estimate of drug-likeness (QED) is 0.758. The average Bonchev–Trinajstić information content (AvgIpc) is 2.66. The Morgan fingerprint density at radius 3 is 2.59 bits per heavy atom. The van der Waals surface area contributed by atoms with E-state index in [9.17, 15) is 13.2 Å². The monoisotopic (exact) mass is 387 g/mol. The van der Waals surface area contributed by atoms with Crippen LogP contribution in [0.4, 0.5) is 5.69 Å². The van der Waals surface area contributed by atoms with Crippen molar-refractivity contribution >= 4 is 21.6 Å². The van der Waals surface area contributed by atoms with Gasteiger partial charge in [0.2, 0.25) is 15.9 Å². The van der Waals surface area contributed by atoms with Gasteiger partial charge in [0, 0.05) is 31.7 Å². The second-order valence-electron chi connectivity index (χ2n) is 6.76. The van der Waals surface area contributed by atoms with Crippen LogP contribution in [0.5, 0.6) is 0 Å². The number of primary sulfonamides is 1. The lowest BCUT2D eigenvalue weighted by molar-refractivity contribution is -0.120. The van der Waals surface area contributed by atoms with Crippen molar-refractivity contribution in [3.8, 4) is 0 Å². The minimum absolute atomic E-state index is 0.0270. The summed E-state index contributed by atoms with van der Waals surface area (Å²) in [6.07, 6.45) is 3.32. The fraction of sp³-hybridized carbons (Fsp3) is 0.350. The molecule has 0 fully saturated rings. The normalized spacial score (nSPS) is 13.9. The van der Waals surface area contributed by atoms with Crippen LogP contribution in [0.2, 0.25) is 0 Å². The molecule has 0 spiro atoms. The van der Waals surface area contributed by atoms with E-state index in [2.05, 4.69) is 28.4 Å². The highest BCUT2D eigenvalue weighted by Gasteiger charge is 2.16. The first kappa shape index (κ1) is 19.4. The van der Waals surface area contributed by atoms with E-state index in [1.54, 1.807) is 12.1 Å². The van der Waals surface area contributed by atoms with E-state index in [0.29, 0.717) is 25.9 Å². The number of hydrogen-bond donors (Lipinski definition) is 2. The SMILES string of the molecule is NS(=O)(=O)c1ccc(CCNC(=O)CCN2CCCc3ccccc32)cc1. The fourth-order valence-electron chi connectivity index (χ4n) is 3.36. The third-order valence-electron chi connectivity index (χ3n) is 4.80. The minimum Gasteiger partial charge on any atom is -0.371 e. The van der Waals surface area contributed by atoms with E-state index >= 15 is 0 Å². The van der Waals surface area contributed by atoms with Crippen molar-refractivity contribution in [1.29, 1.82) is 0 Å². The maximum atomic E-state index is 12.1. The van der Waals surface area contributed by atoms with Gasteiger partial charge >= 0.3 is 0 Å². The molecule has 3 N–H and O–H groups in total. The molecule has 2 aromatic carbocycles. The van der Waals surface area contributed by atoms with E-state index in [-0.39, 0.29) is 10.8 Å². The molecule has 1 aliphatic rings. The van der Waals surface area contributed by atoms with E-state index in [4.69, 9.17) is 5.14 Å². The molecule has 0 radical (unpaired) electrons. The lowest BCUT2D eigenvalue weighted by Crippen LogP contribution is -2.34. The van der Waals surface area contributed by atoms with Crippen LogP contribution in [0.15, 0.2) is 53.4 Å². The van der Waals surface area contributed by atoms with Gasteiger partial charge in [-0.3, -0.25) is 4.79 Å². The van der Waals surface area contributed by atoms with Gasteiger partial charge in [0.05, 0.1) is 4.90 Å². The van der Waals surface area contributed by atoms with Gasteiger partial charge in [-0.15, -0.1) is 0 Å². The zero-order chi connectivity index (χ0) is 19.3. The van der Waals surface area contributed by atoms with Crippen LogP contribution in [0.3, 0.4) is 0 Å². The summed E-state index contributed by atoms with van der Waals surface area (Å²) in [6.45, 7) is 2.22. The minimum atomic E-state index is -3.67. The van der Waals surface area contributed by atoms with E-state index in [0.717, 1.165) is 24.9 Å². The summed E-state index contributed by atoms with van der Waals surface area (Å²) in [5, 5.41) is 8.01. The number of sulfonamides is 1. The summed E-state index contributed by atoms with van der Waals surface area (Å²) in [5.74, 6) is 0.0270. The molecule has 1 amide bonds. The van der Waals surface area contributed by atoms with Crippen LogP contribution in [0.25, 0.3) is 0 Å². The van der Waals surface area contributed by atoms with Crippen LogP contribution in [-0.4, -0.2) is 34.0 Å². The van der Waals surface area contributed by atoms with Gasteiger partial charge in [0.15, 0.2) is 0 Å². The number of rotatable bonds is 7.